The zero-order valence-corrected chi connectivity index (χ0v) is 17.1. The summed E-state index contributed by atoms with van der Waals surface area (Å²) in [7, 11) is 0. The summed E-state index contributed by atoms with van der Waals surface area (Å²) in [5.74, 6) is -0.0827. The van der Waals surface area contributed by atoms with Gasteiger partial charge < -0.3 is 10.1 Å². The number of aromatic nitrogens is 2. The molecule has 0 aliphatic carbocycles. The molecule has 0 bridgehead atoms. The maximum Gasteiger partial charge on any atom is 0.270 e. The highest BCUT2D eigenvalue weighted by Gasteiger charge is 2.20. The Balaban J connectivity index is 1.54. The quantitative estimate of drug-likeness (QED) is 0.655. The summed E-state index contributed by atoms with van der Waals surface area (Å²) in [5.41, 5.74) is 5.33. The zero-order chi connectivity index (χ0) is 20.2. The van der Waals surface area contributed by atoms with Crippen LogP contribution in [0.15, 0.2) is 42.6 Å². The van der Waals surface area contributed by atoms with Gasteiger partial charge in [0.15, 0.2) is 0 Å². The lowest BCUT2D eigenvalue weighted by molar-refractivity contribution is 0.0374. The van der Waals surface area contributed by atoms with Crippen LogP contribution in [0.4, 0.5) is 0 Å². The minimum Gasteiger partial charge on any atom is -0.379 e. The van der Waals surface area contributed by atoms with Gasteiger partial charge in [-0.25, -0.2) is 4.98 Å². The molecule has 1 saturated heterocycles. The topological polar surface area (TPSA) is 58.9 Å². The Morgan fingerprint density at radius 1 is 1.07 bits per heavy atom. The largest absolute Gasteiger partial charge is 0.379 e. The first kappa shape index (κ1) is 19.6. The molecule has 29 heavy (non-hydrogen) atoms. The first-order valence-electron chi connectivity index (χ1n) is 10.3. The van der Waals surface area contributed by atoms with Crippen molar-refractivity contribution in [3.05, 3.63) is 59.4 Å². The summed E-state index contributed by atoms with van der Waals surface area (Å²) in [6.07, 6.45) is 2.89. The number of hydrogen-bond donors (Lipinski definition) is 1. The molecular weight excluding hydrogens is 364 g/mol. The number of hydrogen-bond acceptors (Lipinski definition) is 4. The number of amides is 1. The first-order valence-corrected chi connectivity index (χ1v) is 10.3. The predicted octanol–water partition coefficient (Wildman–Crippen LogP) is 3.07. The molecule has 1 aliphatic rings. The van der Waals surface area contributed by atoms with Gasteiger partial charge in [-0.05, 0) is 38.4 Å². The van der Waals surface area contributed by atoms with Crippen LogP contribution >= 0.6 is 0 Å². The van der Waals surface area contributed by atoms with Gasteiger partial charge in [0.25, 0.3) is 5.91 Å². The minimum atomic E-state index is -0.0827. The molecule has 0 saturated carbocycles. The van der Waals surface area contributed by atoms with Crippen molar-refractivity contribution in [2.45, 2.75) is 20.3 Å². The summed E-state index contributed by atoms with van der Waals surface area (Å²) in [5, 5.41) is 3.10. The molecule has 2 aromatic heterocycles. The number of ether oxygens (including phenoxy) is 1. The standard InChI is InChI=1S/C23H28N4O2/c1-17-4-7-19(8-5-17)21-22(27-16-18(2)6-9-20(27)25-21)23(28)24-10-3-11-26-12-14-29-15-13-26/h4-9,16H,3,10-15H2,1-2H3,(H,24,28). The number of carbonyl (C=O) groups is 1. The number of pyridine rings is 1. The monoisotopic (exact) mass is 392 g/mol. The lowest BCUT2D eigenvalue weighted by Crippen LogP contribution is -2.38. The number of fused-ring (bicyclic) bond motifs is 1. The zero-order valence-electron chi connectivity index (χ0n) is 17.1. The fourth-order valence-electron chi connectivity index (χ4n) is 3.69. The van der Waals surface area contributed by atoms with Crippen molar-refractivity contribution < 1.29 is 9.53 Å². The van der Waals surface area contributed by atoms with Gasteiger partial charge in [-0.2, -0.15) is 0 Å². The molecule has 1 N–H and O–H groups in total. The maximum absolute atomic E-state index is 13.1. The molecule has 1 amide bonds. The number of nitrogens with zero attached hydrogens (tertiary/aromatic N) is 3. The SMILES string of the molecule is Cc1ccc(-c2nc3ccc(C)cn3c2C(=O)NCCCN2CCOCC2)cc1. The van der Waals surface area contributed by atoms with Crippen molar-refractivity contribution in [3.8, 4) is 11.3 Å². The van der Waals surface area contributed by atoms with E-state index in [2.05, 4.69) is 29.3 Å². The highest BCUT2D eigenvalue weighted by atomic mass is 16.5. The number of morpholine rings is 1. The molecule has 3 heterocycles. The van der Waals surface area contributed by atoms with Crippen LogP contribution in [0.25, 0.3) is 16.9 Å². The van der Waals surface area contributed by atoms with E-state index in [4.69, 9.17) is 9.72 Å². The Morgan fingerprint density at radius 2 is 1.79 bits per heavy atom. The van der Waals surface area contributed by atoms with Crippen LogP contribution in [0.3, 0.4) is 0 Å². The Labute approximate surface area is 171 Å². The van der Waals surface area contributed by atoms with Crippen LogP contribution in [-0.4, -0.2) is 59.6 Å². The second-order valence-electron chi connectivity index (χ2n) is 7.67. The van der Waals surface area contributed by atoms with Crippen LogP contribution in [0.1, 0.15) is 28.0 Å². The third kappa shape index (κ3) is 4.49. The summed E-state index contributed by atoms with van der Waals surface area (Å²) >= 11 is 0. The van der Waals surface area contributed by atoms with E-state index in [9.17, 15) is 4.79 Å². The molecule has 0 unspecified atom stereocenters. The van der Waals surface area contributed by atoms with Gasteiger partial charge in [-0.1, -0.05) is 35.9 Å². The van der Waals surface area contributed by atoms with Gasteiger partial charge in [0, 0.05) is 31.4 Å². The Kier molecular flexibility index (Phi) is 5.92. The molecule has 6 heteroatoms. The average molecular weight is 393 g/mol. The van der Waals surface area contributed by atoms with E-state index >= 15 is 0 Å². The van der Waals surface area contributed by atoms with Gasteiger partial charge in [0.05, 0.1) is 13.2 Å². The molecule has 0 spiro atoms. The highest BCUT2D eigenvalue weighted by molar-refractivity contribution is 5.99. The summed E-state index contributed by atoms with van der Waals surface area (Å²) in [6, 6.07) is 12.1. The number of rotatable bonds is 6. The van der Waals surface area contributed by atoms with Crippen molar-refractivity contribution in [2.24, 2.45) is 0 Å². The Morgan fingerprint density at radius 3 is 2.55 bits per heavy atom. The third-order valence-electron chi connectivity index (χ3n) is 5.35. The van der Waals surface area contributed by atoms with E-state index in [-0.39, 0.29) is 5.91 Å². The molecule has 152 valence electrons. The van der Waals surface area contributed by atoms with Gasteiger partial charge in [0.2, 0.25) is 0 Å². The maximum atomic E-state index is 13.1. The number of nitrogens with one attached hydrogen (secondary N) is 1. The van der Waals surface area contributed by atoms with Crippen molar-refractivity contribution in [3.63, 3.8) is 0 Å². The predicted molar refractivity (Wildman–Crippen MR) is 114 cm³/mol. The lowest BCUT2D eigenvalue weighted by atomic mass is 10.1. The van der Waals surface area contributed by atoms with Crippen molar-refractivity contribution >= 4 is 11.6 Å². The molecule has 0 radical (unpaired) electrons. The number of aryl methyl sites for hydroxylation is 2. The van der Waals surface area contributed by atoms with Crippen molar-refractivity contribution in [2.75, 3.05) is 39.4 Å². The van der Waals surface area contributed by atoms with Crippen molar-refractivity contribution in [1.82, 2.24) is 19.6 Å². The number of benzene rings is 1. The third-order valence-corrected chi connectivity index (χ3v) is 5.35. The van der Waals surface area contributed by atoms with E-state index < -0.39 is 0 Å². The lowest BCUT2D eigenvalue weighted by Gasteiger charge is -2.26. The van der Waals surface area contributed by atoms with Crippen LogP contribution < -0.4 is 5.32 Å². The van der Waals surface area contributed by atoms with E-state index in [0.29, 0.717) is 12.2 Å². The number of carbonyl (C=O) groups excluding carboxylic acids is 1. The summed E-state index contributed by atoms with van der Waals surface area (Å²) in [4.78, 5) is 20.3. The van der Waals surface area contributed by atoms with Gasteiger partial charge in [-0.3, -0.25) is 14.1 Å². The second kappa shape index (κ2) is 8.76. The average Bonchev–Trinajstić information content (AvgIpc) is 3.11. The minimum absolute atomic E-state index is 0.0827. The normalized spacial score (nSPS) is 15.0. The van der Waals surface area contributed by atoms with Crippen molar-refractivity contribution in [1.29, 1.82) is 0 Å². The fourth-order valence-corrected chi connectivity index (χ4v) is 3.69. The van der Waals surface area contributed by atoms with E-state index in [1.807, 2.05) is 41.8 Å². The van der Waals surface area contributed by atoms with Gasteiger partial charge >= 0.3 is 0 Å². The summed E-state index contributed by atoms with van der Waals surface area (Å²) in [6.45, 7) is 9.23. The van der Waals surface area contributed by atoms with Gasteiger partial charge in [0.1, 0.15) is 17.0 Å². The molecule has 3 aromatic rings. The van der Waals surface area contributed by atoms with Crippen LogP contribution in [0.5, 0.6) is 0 Å². The molecule has 1 aliphatic heterocycles. The Bertz CT molecular complexity index is 988. The Hall–Kier alpha value is -2.70. The van der Waals surface area contributed by atoms with Crippen LogP contribution in [0, 0.1) is 13.8 Å². The second-order valence-corrected chi connectivity index (χ2v) is 7.67. The molecular formula is C23H28N4O2. The molecule has 1 fully saturated rings. The molecule has 1 aromatic carbocycles. The van der Waals surface area contributed by atoms with E-state index in [1.165, 1.54) is 5.56 Å². The fraction of sp³-hybridized carbons (Fsp3) is 0.391. The molecule has 4 rings (SSSR count). The first-order chi connectivity index (χ1) is 14.1. The highest BCUT2D eigenvalue weighted by Crippen LogP contribution is 2.25. The van der Waals surface area contributed by atoms with Gasteiger partial charge in [-0.15, -0.1) is 0 Å². The smallest absolute Gasteiger partial charge is 0.270 e. The summed E-state index contributed by atoms with van der Waals surface area (Å²) < 4.78 is 7.29. The van der Waals surface area contributed by atoms with E-state index in [0.717, 1.165) is 61.7 Å². The molecule has 6 nitrogen and oxygen atoms in total. The van der Waals surface area contributed by atoms with E-state index in [1.54, 1.807) is 0 Å². The molecule has 0 atom stereocenters. The van der Waals surface area contributed by atoms with Crippen LogP contribution in [-0.2, 0) is 4.74 Å². The number of imidazole rings is 1. The van der Waals surface area contributed by atoms with Crippen LogP contribution in [0.2, 0.25) is 0 Å².